The van der Waals surface area contributed by atoms with Gasteiger partial charge in [-0.2, -0.15) is 4.99 Å². The molecule has 1 N–H and O–H groups in total. The average molecular weight is 342 g/mol. The van der Waals surface area contributed by atoms with Crippen molar-refractivity contribution in [2.24, 2.45) is 4.99 Å². The molecular weight excluding hydrogens is 324 g/mol. The SMILES string of the molecule is Cc1ccc(C2(O)C(c3ccccc3)=NC(=O)N2c2ccccc2)cc1. The first-order chi connectivity index (χ1) is 12.6. The Morgan fingerprint density at radius 3 is 2.04 bits per heavy atom. The van der Waals surface area contributed by atoms with E-state index in [1.54, 1.807) is 12.1 Å². The number of carbonyl (C=O) groups excluding carboxylic acids is 1. The summed E-state index contributed by atoms with van der Waals surface area (Å²) in [6, 6.07) is 25.4. The van der Waals surface area contributed by atoms with Crippen LogP contribution in [0.3, 0.4) is 0 Å². The van der Waals surface area contributed by atoms with Gasteiger partial charge in [-0.1, -0.05) is 78.4 Å². The number of para-hydroxylation sites is 1. The number of anilines is 1. The summed E-state index contributed by atoms with van der Waals surface area (Å²) in [6.45, 7) is 1.98. The van der Waals surface area contributed by atoms with Crippen LogP contribution in [0, 0.1) is 6.92 Å². The molecule has 3 aromatic rings. The molecule has 4 nitrogen and oxygen atoms in total. The van der Waals surface area contributed by atoms with E-state index in [4.69, 9.17) is 0 Å². The number of aliphatic imine (C=N–C) groups is 1. The standard InChI is InChI=1S/C22H18N2O2/c1-16-12-14-18(15-13-16)22(26)20(17-8-4-2-5-9-17)23-21(25)24(22)19-10-6-3-7-11-19/h2-15,26H,1H3. The highest BCUT2D eigenvalue weighted by atomic mass is 16.3. The van der Waals surface area contributed by atoms with Gasteiger partial charge < -0.3 is 5.11 Å². The lowest BCUT2D eigenvalue weighted by atomic mass is 9.91. The minimum Gasteiger partial charge on any atom is -0.362 e. The zero-order valence-corrected chi connectivity index (χ0v) is 14.3. The number of rotatable bonds is 3. The van der Waals surface area contributed by atoms with E-state index in [1.165, 1.54) is 4.90 Å². The van der Waals surface area contributed by atoms with Gasteiger partial charge in [0.1, 0.15) is 5.71 Å². The largest absolute Gasteiger partial charge is 0.362 e. The van der Waals surface area contributed by atoms with Crippen LogP contribution in [0.1, 0.15) is 16.7 Å². The number of hydrogen-bond acceptors (Lipinski definition) is 2. The molecule has 0 saturated heterocycles. The van der Waals surface area contributed by atoms with Crippen LogP contribution < -0.4 is 4.90 Å². The van der Waals surface area contributed by atoms with Crippen LogP contribution in [-0.2, 0) is 5.72 Å². The Kier molecular flexibility index (Phi) is 3.90. The number of urea groups is 1. The summed E-state index contributed by atoms with van der Waals surface area (Å²) in [5, 5.41) is 11.8. The normalized spacial score (nSPS) is 19.5. The second-order valence-corrected chi connectivity index (χ2v) is 6.32. The fourth-order valence-electron chi connectivity index (χ4n) is 3.26. The molecule has 0 aromatic heterocycles. The van der Waals surface area contributed by atoms with Crippen molar-refractivity contribution in [2.45, 2.75) is 12.6 Å². The van der Waals surface area contributed by atoms with Crippen LogP contribution in [0.15, 0.2) is 89.9 Å². The molecule has 0 fully saturated rings. The van der Waals surface area contributed by atoms with Gasteiger partial charge in [0.15, 0.2) is 0 Å². The summed E-state index contributed by atoms with van der Waals surface area (Å²) < 4.78 is 0. The van der Waals surface area contributed by atoms with Crippen LogP contribution in [0.5, 0.6) is 0 Å². The number of aliphatic hydroxyl groups is 1. The van der Waals surface area contributed by atoms with Crippen molar-refractivity contribution in [3.63, 3.8) is 0 Å². The second-order valence-electron chi connectivity index (χ2n) is 6.32. The van der Waals surface area contributed by atoms with E-state index in [-0.39, 0.29) is 0 Å². The number of hydrogen-bond donors (Lipinski definition) is 1. The Labute approximate surface area is 152 Å². The van der Waals surface area contributed by atoms with Gasteiger partial charge in [-0.15, -0.1) is 0 Å². The van der Waals surface area contributed by atoms with Crippen LogP contribution >= 0.6 is 0 Å². The van der Waals surface area contributed by atoms with Gasteiger partial charge in [-0.05, 0) is 19.1 Å². The molecular formula is C22H18N2O2. The molecule has 0 bridgehead atoms. The minimum atomic E-state index is -1.67. The van der Waals surface area contributed by atoms with Gasteiger partial charge in [-0.25, -0.2) is 4.79 Å². The minimum absolute atomic E-state index is 0.329. The molecule has 0 aliphatic carbocycles. The van der Waals surface area contributed by atoms with Gasteiger partial charge >= 0.3 is 6.03 Å². The summed E-state index contributed by atoms with van der Waals surface area (Å²) in [5.74, 6) is 0. The average Bonchev–Trinajstić information content (AvgIpc) is 2.95. The first-order valence-electron chi connectivity index (χ1n) is 8.44. The monoisotopic (exact) mass is 342 g/mol. The Morgan fingerprint density at radius 2 is 1.42 bits per heavy atom. The maximum absolute atomic E-state index is 12.8. The van der Waals surface area contributed by atoms with E-state index in [9.17, 15) is 9.90 Å². The molecule has 1 aliphatic heterocycles. The maximum Gasteiger partial charge on any atom is 0.351 e. The van der Waals surface area contributed by atoms with E-state index < -0.39 is 11.8 Å². The zero-order chi connectivity index (χ0) is 18.1. The van der Waals surface area contributed by atoms with Crippen molar-refractivity contribution in [1.29, 1.82) is 0 Å². The first-order valence-corrected chi connectivity index (χ1v) is 8.44. The maximum atomic E-state index is 12.8. The number of aryl methyl sites for hydroxylation is 1. The molecule has 1 aliphatic rings. The first kappa shape index (κ1) is 16.2. The van der Waals surface area contributed by atoms with Crippen LogP contribution in [0.2, 0.25) is 0 Å². The van der Waals surface area contributed by atoms with Crippen molar-refractivity contribution in [3.05, 3.63) is 102 Å². The van der Waals surface area contributed by atoms with Gasteiger partial charge in [0.25, 0.3) is 0 Å². The van der Waals surface area contributed by atoms with Gasteiger partial charge in [0.2, 0.25) is 5.72 Å². The number of benzene rings is 3. The van der Waals surface area contributed by atoms with Crippen LogP contribution in [0.25, 0.3) is 0 Å². The molecule has 128 valence electrons. The highest BCUT2D eigenvalue weighted by molar-refractivity contribution is 6.22. The number of nitrogens with zero attached hydrogens (tertiary/aromatic N) is 2. The van der Waals surface area contributed by atoms with Crippen LogP contribution in [0.4, 0.5) is 10.5 Å². The third-order valence-corrected chi connectivity index (χ3v) is 4.57. The van der Waals surface area contributed by atoms with Crippen molar-refractivity contribution < 1.29 is 9.90 Å². The van der Waals surface area contributed by atoms with Crippen molar-refractivity contribution in [1.82, 2.24) is 0 Å². The predicted molar refractivity (Wildman–Crippen MR) is 102 cm³/mol. The molecule has 4 rings (SSSR count). The van der Waals surface area contributed by atoms with Gasteiger partial charge in [0, 0.05) is 16.8 Å². The molecule has 1 unspecified atom stereocenters. The smallest absolute Gasteiger partial charge is 0.351 e. The molecule has 1 heterocycles. The second kappa shape index (κ2) is 6.24. The van der Waals surface area contributed by atoms with E-state index in [0.29, 0.717) is 22.5 Å². The summed E-state index contributed by atoms with van der Waals surface area (Å²) in [5.41, 5.74) is 1.63. The van der Waals surface area contributed by atoms with E-state index in [1.807, 2.05) is 79.7 Å². The molecule has 0 spiro atoms. The number of carbonyl (C=O) groups is 1. The molecule has 26 heavy (non-hydrogen) atoms. The Bertz CT molecular complexity index is 966. The van der Waals surface area contributed by atoms with Gasteiger partial charge in [-0.3, -0.25) is 4.90 Å². The lowest BCUT2D eigenvalue weighted by Gasteiger charge is -2.34. The fourth-order valence-corrected chi connectivity index (χ4v) is 3.26. The molecule has 4 heteroatoms. The molecule has 3 aromatic carbocycles. The Balaban J connectivity index is 1.93. The fraction of sp³-hybridized carbons (Fsp3) is 0.0909. The van der Waals surface area contributed by atoms with Crippen molar-refractivity contribution >= 4 is 17.4 Å². The van der Waals surface area contributed by atoms with E-state index in [0.717, 1.165) is 5.56 Å². The lowest BCUT2D eigenvalue weighted by Crippen LogP contribution is -2.49. The quantitative estimate of drug-likeness (QED) is 0.773. The number of amides is 2. The van der Waals surface area contributed by atoms with Crippen molar-refractivity contribution in [2.75, 3.05) is 4.90 Å². The molecule has 0 radical (unpaired) electrons. The predicted octanol–water partition coefficient (Wildman–Crippen LogP) is 4.27. The van der Waals surface area contributed by atoms with Gasteiger partial charge in [0.05, 0.1) is 0 Å². The Morgan fingerprint density at radius 1 is 0.846 bits per heavy atom. The van der Waals surface area contributed by atoms with Crippen LogP contribution in [-0.4, -0.2) is 16.8 Å². The van der Waals surface area contributed by atoms with E-state index in [2.05, 4.69) is 4.99 Å². The molecule has 2 amide bonds. The lowest BCUT2D eigenvalue weighted by molar-refractivity contribution is 0.120. The topological polar surface area (TPSA) is 52.9 Å². The summed E-state index contributed by atoms with van der Waals surface area (Å²) >= 11 is 0. The highest BCUT2D eigenvalue weighted by Crippen LogP contribution is 2.39. The van der Waals surface area contributed by atoms with Crippen molar-refractivity contribution in [3.8, 4) is 0 Å². The highest BCUT2D eigenvalue weighted by Gasteiger charge is 2.50. The summed E-state index contributed by atoms with van der Waals surface area (Å²) in [4.78, 5) is 18.4. The third kappa shape index (κ3) is 2.52. The summed E-state index contributed by atoms with van der Waals surface area (Å²) in [6.07, 6.45) is 0. The Hall–Kier alpha value is -3.24. The molecule has 1 atom stereocenters. The molecule has 0 saturated carbocycles. The summed E-state index contributed by atoms with van der Waals surface area (Å²) in [7, 11) is 0. The third-order valence-electron chi connectivity index (χ3n) is 4.57. The zero-order valence-electron chi connectivity index (χ0n) is 14.3. The van der Waals surface area contributed by atoms with E-state index >= 15 is 0 Å².